The summed E-state index contributed by atoms with van der Waals surface area (Å²) < 4.78 is 4.53. The molecule has 0 heterocycles. The Balaban J connectivity index is 0. The van der Waals surface area contributed by atoms with E-state index in [-0.39, 0.29) is 6.15 Å². The quantitative estimate of drug-likeness (QED) is 0.324. The number of rotatable bonds is 1. The lowest BCUT2D eigenvalue weighted by Gasteiger charge is -1.89. The maximum absolute atomic E-state index is 10.4. The molecule has 0 aromatic carbocycles. The monoisotopic (exact) mass is 170 g/mol. The van der Waals surface area contributed by atoms with E-state index >= 15 is 0 Å². The van der Waals surface area contributed by atoms with E-state index in [1.807, 2.05) is 6.92 Å². The maximum Gasteiger partial charge on any atom is 0.384 e. The number of esters is 1. The third kappa shape index (κ3) is 15.8. The summed E-state index contributed by atoms with van der Waals surface area (Å²) in [6.07, 6.45) is 0.943. The fraction of sp³-hybridized carbons (Fsp3) is 0.500. The third-order valence-electron chi connectivity index (χ3n) is 0.643. The molecule has 4 nitrogen and oxygen atoms in total. The van der Waals surface area contributed by atoms with Gasteiger partial charge in [-0.15, -0.1) is 0 Å². The van der Waals surface area contributed by atoms with Crippen molar-refractivity contribution in [3.8, 4) is 11.8 Å². The Hall–Kier alpha value is -1.59. The first-order valence-electron chi connectivity index (χ1n) is 3.37. The highest BCUT2D eigenvalue weighted by Gasteiger charge is 1.89. The molecule has 0 atom stereocenters. The van der Waals surface area contributed by atoms with Gasteiger partial charge in [-0.05, 0) is 6.92 Å². The summed E-state index contributed by atoms with van der Waals surface area (Å²) in [4.78, 5) is 26.7. The number of carbonyl (C=O) groups is 1. The summed E-state index contributed by atoms with van der Waals surface area (Å²) in [7, 11) is 0. The van der Waals surface area contributed by atoms with Gasteiger partial charge in [-0.25, -0.2) is 4.79 Å². The Kier molecular flexibility index (Phi) is 13.2. The van der Waals surface area contributed by atoms with Gasteiger partial charge in [0, 0.05) is 12.3 Å². The Morgan fingerprint density at radius 3 is 2.17 bits per heavy atom. The van der Waals surface area contributed by atoms with Gasteiger partial charge in [0.05, 0.1) is 6.61 Å². The molecule has 0 saturated heterocycles. The molecule has 0 aliphatic rings. The van der Waals surface area contributed by atoms with Crippen molar-refractivity contribution in [3.63, 3.8) is 0 Å². The average Bonchev–Trinajstić information content (AvgIpc) is 2.03. The van der Waals surface area contributed by atoms with Gasteiger partial charge in [-0.2, -0.15) is 9.59 Å². The zero-order valence-corrected chi connectivity index (χ0v) is 7.05. The van der Waals surface area contributed by atoms with Gasteiger partial charge in [-0.3, -0.25) is 0 Å². The molecular weight excluding hydrogens is 160 g/mol. The Morgan fingerprint density at radius 1 is 1.33 bits per heavy atom. The summed E-state index contributed by atoms with van der Waals surface area (Å²) in [5.41, 5.74) is 0. The Labute approximate surface area is 70.9 Å². The molecule has 0 aromatic rings. The van der Waals surface area contributed by atoms with E-state index in [9.17, 15) is 4.79 Å². The van der Waals surface area contributed by atoms with Crippen LogP contribution in [0.4, 0.5) is 0 Å². The Morgan fingerprint density at radius 2 is 1.83 bits per heavy atom. The van der Waals surface area contributed by atoms with E-state index in [2.05, 4.69) is 16.6 Å². The van der Waals surface area contributed by atoms with Crippen LogP contribution in [0.2, 0.25) is 0 Å². The normalized spacial score (nSPS) is 6.17. The van der Waals surface area contributed by atoms with E-state index in [4.69, 9.17) is 9.59 Å². The number of hydrogen-bond donors (Lipinski definition) is 0. The van der Waals surface area contributed by atoms with Crippen molar-refractivity contribution < 1.29 is 19.1 Å². The van der Waals surface area contributed by atoms with Crippen LogP contribution in [-0.4, -0.2) is 18.7 Å². The molecule has 0 N–H and O–H groups in total. The fourth-order valence-electron chi connectivity index (χ4n) is 0.328. The lowest BCUT2D eigenvalue weighted by molar-refractivity contribution is -0.191. The van der Waals surface area contributed by atoms with E-state index in [0.29, 0.717) is 13.0 Å². The molecule has 0 radical (unpaired) electrons. The standard InChI is InChI=1S/C7H10O2.CO2/c1-3-5-6-7(8)9-4-2;2-1-3/h3-4H2,1-2H3;. The largest absolute Gasteiger partial charge is 0.456 e. The molecule has 0 aromatic heterocycles. The highest BCUT2D eigenvalue weighted by Crippen LogP contribution is 1.74. The van der Waals surface area contributed by atoms with Gasteiger partial charge in [0.15, 0.2) is 0 Å². The SMILES string of the molecule is CCC#CC(=O)OCC.O=C=O. The van der Waals surface area contributed by atoms with Gasteiger partial charge in [-0.1, -0.05) is 12.8 Å². The number of carbonyl (C=O) groups excluding carboxylic acids is 3. The number of ether oxygens (including phenoxy) is 1. The molecule has 0 saturated carbocycles. The fourth-order valence-corrected chi connectivity index (χ4v) is 0.328. The van der Waals surface area contributed by atoms with Gasteiger partial charge in [0.1, 0.15) is 0 Å². The van der Waals surface area contributed by atoms with Crippen molar-refractivity contribution in [1.29, 1.82) is 0 Å². The van der Waals surface area contributed by atoms with Crippen molar-refractivity contribution in [2.75, 3.05) is 6.61 Å². The lowest BCUT2D eigenvalue weighted by Crippen LogP contribution is -1.99. The second-order valence-corrected chi connectivity index (χ2v) is 1.46. The second kappa shape index (κ2) is 12.1. The molecule has 0 amide bonds. The second-order valence-electron chi connectivity index (χ2n) is 1.46. The van der Waals surface area contributed by atoms with Crippen molar-refractivity contribution >= 4 is 12.1 Å². The maximum atomic E-state index is 10.4. The minimum atomic E-state index is -0.431. The van der Waals surface area contributed by atoms with Crippen LogP contribution in [0.15, 0.2) is 0 Å². The van der Waals surface area contributed by atoms with E-state index < -0.39 is 5.97 Å². The van der Waals surface area contributed by atoms with Crippen molar-refractivity contribution in [2.45, 2.75) is 20.3 Å². The van der Waals surface area contributed by atoms with Crippen molar-refractivity contribution in [2.24, 2.45) is 0 Å². The van der Waals surface area contributed by atoms with Gasteiger partial charge >= 0.3 is 12.1 Å². The van der Waals surface area contributed by atoms with Crippen LogP contribution in [0.25, 0.3) is 0 Å². The molecule has 0 fully saturated rings. The van der Waals surface area contributed by atoms with Crippen molar-refractivity contribution in [3.05, 3.63) is 0 Å². The van der Waals surface area contributed by atoms with Crippen LogP contribution in [0.1, 0.15) is 20.3 Å². The predicted octanol–water partition coefficient (Wildman–Crippen LogP) is 0.379. The number of hydrogen-bond acceptors (Lipinski definition) is 4. The summed E-state index contributed by atoms with van der Waals surface area (Å²) in [5, 5.41) is 0. The van der Waals surface area contributed by atoms with Crippen LogP contribution < -0.4 is 0 Å². The molecule has 0 spiro atoms. The third-order valence-corrected chi connectivity index (χ3v) is 0.643. The smallest absolute Gasteiger partial charge is 0.384 e. The minimum absolute atomic E-state index is 0.250. The van der Waals surface area contributed by atoms with Gasteiger partial charge in [0.2, 0.25) is 0 Å². The first kappa shape index (κ1) is 13.0. The van der Waals surface area contributed by atoms with Crippen LogP contribution in [0.5, 0.6) is 0 Å². The van der Waals surface area contributed by atoms with E-state index in [1.54, 1.807) is 6.92 Å². The highest BCUT2D eigenvalue weighted by molar-refractivity contribution is 5.88. The first-order chi connectivity index (χ1) is 5.72. The molecule has 0 aliphatic heterocycles. The zero-order chi connectivity index (χ0) is 9.82. The van der Waals surface area contributed by atoms with E-state index in [0.717, 1.165) is 0 Å². The van der Waals surface area contributed by atoms with Gasteiger partial charge < -0.3 is 4.74 Å². The Bertz CT molecular complexity index is 203. The molecule has 12 heavy (non-hydrogen) atoms. The predicted molar refractivity (Wildman–Crippen MR) is 39.7 cm³/mol. The topological polar surface area (TPSA) is 60.4 Å². The summed E-state index contributed by atoms with van der Waals surface area (Å²) in [5.74, 6) is 4.50. The molecule has 0 rings (SSSR count). The van der Waals surface area contributed by atoms with Gasteiger partial charge in [0.25, 0.3) is 0 Å². The van der Waals surface area contributed by atoms with Crippen LogP contribution >= 0.6 is 0 Å². The summed E-state index contributed by atoms with van der Waals surface area (Å²) in [6.45, 7) is 4.04. The zero-order valence-electron chi connectivity index (χ0n) is 7.05. The molecule has 0 unspecified atom stereocenters. The minimum Gasteiger partial charge on any atom is -0.456 e. The molecule has 4 heteroatoms. The highest BCUT2D eigenvalue weighted by atomic mass is 16.5. The van der Waals surface area contributed by atoms with Crippen molar-refractivity contribution in [1.82, 2.24) is 0 Å². The molecule has 0 bridgehead atoms. The average molecular weight is 170 g/mol. The molecule has 66 valence electrons. The van der Waals surface area contributed by atoms with Crippen LogP contribution in [0, 0.1) is 11.8 Å². The molecular formula is C8H10O4. The van der Waals surface area contributed by atoms with Crippen LogP contribution in [0.3, 0.4) is 0 Å². The molecule has 0 aliphatic carbocycles. The summed E-state index contributed by atoms with van der Waals surface area (Å²) >= 11 is 0. The van der Waals surface area contributed by atoms with E-state index in [1.165, 1.54) is 0 Å². The first-order valence-corrected chi connectivity index (χ1v) is 3.37. The summed E-state index contributed by atoms with van der Waals surface area (Å²) in [6, 6.07) is 0. The lowest BCUT2D eigenvalue weighted by atomic mass is 10.5. The van der Waals surface area contributed by atoms with Crippen LogP contribution in [-0.2, 0) is 19.1 Å².